The zero-order valence-corrected chi connectivity index (χ0v) is 7.83. The fourth-order valence-electron chi connectivity index (χ4n) is 1.30. The van der Waals surface area contributed by atoms with Crippen molar-refractivity contribution in [2.45, 2.75) is 13.0 Å². The fourth-order valence-corrected chi connectivity index (χ4v) is 1.30. The Kier molecular flexibility index (Phi) is 2.28. The van der Waals surface area contributed by atoms with Crippen LogP contribution in [0.15, 0.2) is 36.5 Å². The van der Waals surface area contributed by atoms with Gasteiger partial charge in [-0.1, -0.05) is 23.4 Å². The van der Waals surface area contributed by atoms with Crippen LogP contribution in [0.1, 0.15) is 18.7 Å². The molecule has 14 heavy (non-hydrogen) atoms. The minimum Gasteiger partial charge on any atom is -0.387 e. The van der Waals surface area contributed by atoms with E-state index in [0.717, 1.165) is 5.69 Å². The average molecular weight is 189 g/mol. The molecule has 2 rings (SSSR count). The van der Waals surface area contributed by atoms with Gasteiger partial charge in [-0.05, 0) is 19.1 Å². The normalized spacial score (nSPS) is 12.7. The average Bonchev–Trinajstić information content (AvgIpc) is 2.67. The SMILES string of the molecule is C[C@@H](O)c1cnnn1-c1ccccc1. The first-order valence-electron chi connectivity index (χ1n) is 4.43. The number of benzene rings is 1. The topological polar surface area (TPSA) is 50.9 Å². The van der Waals surface area contributed by atoms with E-state index in [1.807, 2.05) is 30.3 Å². The predicted molar refractivity (Wildman–Crippen MR) is 52.0 cm³/mol. The maximum Gasteiger partial charge on any atom is 0.0949 e. The Bertz CT molecular complexity index is 408. The molecule has 4 heteroatoms. The van der Waals surface area contributed by atoms with E-state index in [9.17, 15) is 5.11 Å². The molecule has 0 aliphatic rings. The molecule has 1 N–H and O–H groups in total. The summed E-state index contributed by atoms with van der Waals surface area (Å²) < 4.78 is 1.63. The number of hydrogen-bond acceptors (Lipinski definition) is 3. The van der Waals surface area contributed by atoms with Crippen LogP contribution in [0, 0.1) is 0 Å². The lowest BCUT2D eigenvalue weighted by Crippen LogP contribution is -2.04. The van der Waals surface area contributed by atoms with Crippen LogP contribution >= 0.6 is 0 Å². The molecule has 0 fully saturated rings. The standard InChI is InChI=1S/C10H11N3O/c1-8(14)10-7-11-12-13(10)9-5-3-2-4-6-9/h2-8,14H,1H3/t8-/m1/s1. The lowest BCUT2D eigenvalue weighted by atomic mass is 10.2. The van der Waals surface area contributed by atoms with Gasteiger partial charge in [0.05, 0.1) is 23.7 Å². The Labute approximate surface area is 81.8 Å². The molecule has 1 heterocycles. The Morgan fingerprint density at radius 3 is 2.64 bits per heavy atom. The third-order valence-corrected chi connectivity index (χ3v) is 2.00. The summed E-state index contributed by atoms with van der Waals surface area (Å²) >= 11 is 0. The van der Waals surface area contributed by atoms with Gasteiger partial charge in [-0.2, -0.15) is 0 Å². The summed E-state index contributed by atoms with van der Waals surface area (Å²) in [6, 6.07) is 9.61. The van der Waals surface area contributed by atoms with Crippen molar-refractivity contribution >= 4 is 0 Å². The first-order valence-corrected chi connectivity index (χ1v) is 4.43. The zero-order valence-electron chi connectivity index (χ0n) is 7.83. The Morgan fingerprint density at radius 1 is 1.29 bits per heavy atom. The van der Waals surface area contributed by atoms with Gasteiger partial charge in [0, 0.05) is 0 Å². The molecule has 2 aromatic rings. The van der Waals surface area contributed by atoms with Crippen molar-refractivity contribution in [3.8, 4) is 5.69 Å². The van der Waals surface area contributed by atoms with Crippen molar-refractivity contribution < 1.29 is 5.11 Å². The van der Waals surface area contributed by atoms with Crippen molar-refractivity contribution in [3.63, 3.8) is 0 Å². The van der Waals surface area contributed by atoms with Gasteiger partial charge in [0.1, 0.15) is 0 Å². The molecule has 0 aliphatic heterocycles. The summed E-state index contributed by atoms with van der Waals surface area (Å²) in [7, 11) is 0. The largest absolute Gasteiger partial charge is 0.387 e. The van der Waals surface area contributed by atoms with Gasteiger partial charge in [-0.15, -0.1) is 5.10 Å². The van der Waals surface area contributed by atoms with Gasteiger partial charge in [-0.25, -0.2) is 4.68 Å². The molecule has 0 saturated heterocycles. The molecule has 0 amide bonds. The van der Waals surface area contributed by atoms with Gasteiger partial charge in [-0.3, -0.25) is 0 Å². The number of aliphatic hydroxyl groups is 1. The predicted octanol–water partition coefficient (Wildman–Crippen LogP) is 1.32. The first-order chi connectivity index (χ1) is 6.79. The monoisotopic (exact) mass is 189 g/mol. The van der Waals surface area contributed by atoms with E-state index in [2.05, 4.69) is 10.3 Å². The molecule has 1 aromatic carbocycles. The number of para-hydroxylation sites is 1. The molecule has 0 radical (unpaired) electrons. The molecular formula is C10H11N3O. The third-order valence-electron chi connectivity index (χ3n) is 2.00. The first kappa shape index (κ1) is 8.90. The number of nitrogens with zero attached hydrogens (tertiary/aromatic N) is 3. The number of aliphatic hydroxyl groups excluding tert-OH is 1. The van der Waals surface area contributed by atoms with E-state index in [0.29, 0.717) is 5.69 Å². The minimum atomic E-state index is -0.565. The molecule has 0 aliphatic carbocycles. The van der Waals surface area contributed by atoms with Gasteiger partial charge < -0.3 is 5.11 Å². The summed E-state index contributed by atoms with van der Waals surface area (Å²) in [6.07, 6.45) is 1.00. The van der Waals surface area contributed by atoms with Crippen molar-refractivity contribution in [2.75, 3.05) is 0 Å². The van der Waals surface area contributed by atoms with Crippen molar-refractivity contribution in [1.82, 2.24) is 15.0 Å². The molecule has 1 aromatic heterocycles. The summed E-state index contributed by atoms with van der Waals surface area (Å²) in [5.41, 5.74) is 1.59. The van der Waals surface area contributed by atoms with E-state index < -0.39 is 6.10 Å². The highest BCUT2D eigenvalue weighted by molar-refractivity contribution is 5.31. The summed E-state index contributed by atoms with van der Waals surface area (Å²) in [6.45, 7) is 1.69. The smallest absolute Gasteiger partial charge is 0.0949 e. The van der Waals surface area contributed by atoms with Crippen LogP contribution in [-0.2, 0) is 0 Å². The van der Waals surface area contributed by atoms with E-state index in [4.69, 9.17) is 0 Å². The highest BCUT2D eigenvalue weighted by Crippen LogP contribution is 2.14. The minimum absolute atomic E-state index is 0.565. The molecule has 0 bridgehead atoms. The second-order valence-electron chi connectivity index (χ2n) is 3.08. The van der Waals surface area contributed by atoms with Crippen LogP contribution in [-0.4, -0.2) is 20.1 Å². The summed E-state index contributed by atoms with van der Waals surface area (Å²) in [4.78, 5) is 0. The Hall–Kier alpha value is -1.68. The number of hydrogen-bond donors (Lipinski definition) is 1. The van der Waals surface area contributed by atoms with Gasteiger partial charge in [0.25, 0.3) is 0 Å². The molecule has 4 nitrogen and oxygen atoms in total. The van der Waals surface area contributed by atoms with Crippen LogP contribution in [0.5, 0.6) is 0 Å². The second kappa shape index (κ2) is 3.59. The van der Waals surface area contributed by atoms with Gasteiger partial charge in [0.15, 0.2) is 0 Å². The highest BCUT2D eigenvalue weighted by atomic mass is 16.3. The van der Waals surface area contributed by atoms with Crippen molar-refractivity contribution in [3.05, 3.63) is 42.2 Å². The van der Waals surface area contributed by atoms with Crippen LogP contribution in [0.25, 0.3) is 5.69 Å². The third kappa shape index (κ3) is 1.52. The maximum atomic E-state index is 9.45. The van der Waals surface area contributed by atoms with Crippen LogP contribution in [0.4, 0.5) is 0 Å². The zero-order chi connectivity index (χ0) is 9.97. The summed E-state index contributed by atoms with van der Waals surface area (Å²) in [5.74, 6) is 0. The molecule has 0 saturated carbocycles. The van der Waals surface area contributed by atoms with Crippen LogP contribution in [0.3, 0.4) is 0 Å². The van der Waals surface area contributed by atoms with Gasteiger partial charge in [0.2, 0.25) is 0 Å². The molecule has 0 spiro atoms. The van der Waals surface area contributed by atoms with E-state index in [1.165, 1.54) is 0 Å². The maximum absolute atomic E-state index is 9.45. The highest BCUT2D eigenvalue weighted by Gasteiger charge is 2.09. The van der Waals surface area contributed by atoms with E-state index >= 15 is 0 Å². The lowest BCUT2D eigenvalue weighted by Gasteiger charge is -2.07. The van der Waals surface area contributed by atoms with Crippen LogP contribution in [0.2, 0.25) is 0 Å². The Balaban J connectivity index is 2.47. The second-order valence-corrected chi connectivity index (χ2v) is 3.08. The quantitative estimate of drug-likeness (QED) is 0.775. The molecule has 0 unspecified atom stereocenters. The van der Waals surface area contributed by atoms with Crippen LogP contribution < -0.4 is 0 Å². The molecular weight excluding hydrogens is 178 g/mol. The number of aromatic nitrogens is 3. The fraction of sp³-hybridized carbons (Fsp3) is 0.200. The van der Waals surface area contributed by atoms with Crippen molar-refractivity contribution in [1.29, 1.82) is 0 Å². The molecule has 72 valence electrons. The summed E-state index contributed by atoms with van der Waals surface area (Å²) in [5, 5.41) is 17.1. The van der Waals surface area contributed by atoms with E-state index in [1.54, 1.807) is 17.8 Å². The molecule has 1 atom stereocenters. The number of rotatable bonds is 2. The van der Waals surface area contributed by atoms with Crippen molar-refractivity contribution in [2.24, 2.45) is 0 Å². The van der Waals surface area contributed by atoms with E-state index in [-0.39, 0.29) is 0 Å². The van der Waals surface area contributed by atoms with Gasteiger partial charge >= 0.3 is 0 Å². The Morgan fingerprint density at radius 2 is 2.00 bits per heavy atom. The lowest BCUT2D eigenvalue weighted by molar-refractivity contribution is 0.191.